The maximum absolute atomic E-state index is 13.9. The lowest BCUT2D eigenvalue weighted by atomic mass is 9.93. The summed E-state index contributed by atoms with van der Waals surface area (Å²) >= 11 is 0. The Morgan fingerprint density at radius 1 is 1.31 bits per heavy atom. The molecule has 2 aromatic rings. The van der Waals surface area contributed by atoms with Crippen molar-refractivity contribution in [2.45, 2.75) is 50.4 Å². The number of aromatic nitrogens is 1. The second-order valence-electron chi connectivity index (χ2n) is 8.00. The van der Waals surface area contributed by atoms with Crippen molar-refractivity contribution in [3.8, 4) is 0 Å². The number of rotatable bonds is 3. The third kappa shape index (κ3) is 2.31. The predicted molar refractivity (Wildman–Crippen MR) is 95.6 cm³/mol. The zero-order valence-corrected chi connectivity index (χ0v) is 14.7. The molecule has 2 fully saturated rings. The van der Waals surface area contributed by atoms with Crippen LogP contribution in [0.25, 0.3) is 10.9 Å². The molecule has 1 aromatic carbocycles. The molecular formula is C20H23F2N3O. The third-order valence-corrected chi connectivity index (χ3v) is 6.49. The van der Waals surface area contributed by atoms with Gasteiger partial charge in [-0.2, -0.15) is 0 Å². The van der Waals surface area contributed by atoms with E-state index in [-0.39, 0.29) is 17.3 Å². The van der Waals surface area contributed by atoms with Crippen LogP contribution in [0.15, 0.2) is 18.2 Å². The summed E-state index contributed by atoms with van der Waals surface area (Å²) in [5.74, 6) is -0.479. The normalized spacial score (nSPS) is 27.8. The van der Waals surface area contributed by atoms with E-state index in [4.69, 9.17) is 0 Å². The van der Waals surface area contributed by atoms with Crippen LogP contribution in [0.5, 0.6) is 0 Å². The number of halogens is 2. The summed E-state index contributed by atoms with van der Waals surface area (Å²) in [7, 11) is 0. The maximum Gasteiger partial charge on any atom is 0.253 e. The fraction of sp³-hybridized carbons (Fsp3) is 0.550. The highest BCUT2D eigenvalue weighted by Crippen LogP contribution is 2.40. The number of amides is 1. The molecule has 6 heteroatoms. The molecule has 4 nitrogen and oxygen atoms in total. The third-order valence-electron chi connectivity index (χ3n) is 6.49. The van der Waals surface area contributed by atoms with Crippen LogP contribution in [-0.4, -0.2) is 46.7 Å². The van der Waals surface area contributed by atoms with Gasteiger partial charge in [-0.05, 0) is 56.8 Å². The van der Waals surface area contributed by atoms with Gasteiger partial charge in [-0.25, -0.2) is 8.78 Å². The van der Waals surface area contributed by atoms with Gasteiger partial charge >= 0.3 is 0 Å². The van der Waals surface area contributed by atoms with Gasteiger partial charge < -0.3 is 9.88 Å². The van der Waals surface area contributed by atoms with E-state index in [1.807, 2.05) is 0 Å². The summed E-state index contributed by atoms with van der Waals surface area (Å²) in [5.41, 5.74) is 2.29. The Kier molecular flexibility index (Phi) is 3.61. The molecule has 1 amide bonds. The summed E-state index contributed by atoms with van der Waals surface area (Å²) in [5, 5.41) is 3.76. The highest BCUT2D eigenvalue weighted by molar-refractivity contribution is 6.08. The summed E-state index contributed by atoms with van der Waals surface area (Å²) in [4.78, 5) is 15.2. The van der Waals surface area contributed by atoms with E-state index >= 15 is 0 Å². The number of nitrogens with zero attached hydrogens (tertiary/aromatic N) is 2. The fourth-order valence-corrected chi connectivity index (χ4v) is 5.38. The number of benzene rings is 1. The highest BCUT2D eigenvalue weighted by Gasteiger charge is 2.48. The van der Waals surface area contributed by atoms with Gasteiger partial charge in [-0.3, -0.25) is 9.69 Å². The second-order valence-corrected chi connectivity index (χ2v) is 8.00. The van der Waals surface area contributed by atoms with Crippen LogP contribution in [0.1, 0.15) is 41.7 Å². The average molecular weight is 359 g/mol. The number of hydrogen-bond acceptors (Lipinski definition) is 2. The highest BCUT2D eigenvalue weighted by atomic mass is 19.1. The standard InChI is InChI=1S/C20H23F2N3O/c21-13-4-5-16-15(9-13)18(17-3-1-8-25(16)17)19(26)23-12-20-6-2-7-24(20)11-14(22)10-20/h4-5,9,14H,1-3,6-8,10-12H2,(H,23,26)/t14-,20+/m1/s1. The van der Waals surface area contributed by atoms with E-state index in [1.165, 1.54) is 12.1 Å². The fourth-order valence-electron chi connectivity index (χ4n) is 5.38. The first kappa shape index (κ1) is 16.2. The van der Waals surface area contributed by atoms with Crippen molar-refractivity contribution in [3.05, 3.63) is 35.3 Å². The Morgan fingerprint density at radius 3 is 3.08 bits per heavy atom. The first-order valence-electron chi connectivity index (χ1n) is 9.55. The van der Waals surface area contributed by atoms with E-state index < -0.39 is 6.17 Å². The molecule has 0 unspecified atom stereocenters. The van der Waals surface area contributed by atoms with Crippen LogP contribution in [0.3, 0.4) is 0 Å². The van der Waals surface area contributed by atoms with E-state index in [1.54, 1.807) is 6.07 Å². The maximum atomic E-state index is 13.9. The van der Waals surface area contributed by atoms with Crippen molar-refractivity contribution < 1.29 is 13.6 Å². The summed E-state index contributed by atoms with van der Waals surface area (Å²) in [6, 6.07) is 4.67. The molecule has 1 aromatic heterocycles. The van der Waals surface area contributed by atoms with Gasteiger partial charge in [0.05, 0.1) is 5.56 Å². The number of alkyl halides is 1. The van der Waals surface area contributed by atoms with Crippen LogP contribution in [-0.2, 0) is 13.0 Å². The topological polar surface area (TPSA) is 37.3 Å². The van der Waals surface area contributed by atoms with E-state index in [0.717, 1.165) is 50.0 Å². The molecule has 2 atom stereocenters. The van der Waals surface area contributed by atoms with Crippen LogP contribution in [0.2, 0.25) is 0 Å². The minimum absolute atomic E-state index is 0.153. The molecule has 0 aliphatic carbocycles. The monoisotopic (exact) mass is 359 g/mol. The Labute approximate surface area is 151 Å². The van der Waals surface area contributed by atoms with Gasteiger partial charge in [-0.15, -0.1) is 0 Å². The minimum atomic E-state index is -0.805. The first-order valence-corrected chi connectivity index (χ1v) is 9.55. The van der Waals surface area contributed by atoms with Gasteiger partial charge in [0, 0.05) is 41.8 Å². The molecule has 4 heterocycles. The summed E-state index contributed by atoms with van der Waals surface area (Å²) in [6.45, 7) is 2.72. The van der Waals surface area contributed by atoms with E-state index in [0.29, 0.717) is 30.5 Å². The zero-order chi connectivity index (χ0) is 17.9. The molecule has 1 N–H and O–H groups in total. The average Bonchev–Trinajstić information content (AvgIpc) is 3.31. The van der Waals surface area contributed by atoms with Crippen molar-refractivity contribution in [2.75, 3.05) is 19.6 Å². The first-order chi connectivity index (χ1) is 12.6. The molecule has 0 bridgehead atoms. The molecule has 26 heavy (non-hydrogen) atoms. The molecule has 0 spiro atoms. The molecule has 138 valence electrons. The lowest BCUT2D eigenvalue weighted by molar-refractivity contribution is 0.0920. The summed E-state index contributed by atoms with van der Waals surface area (Å²) < 4.78 is 29.9. The smallest absolute Gasteiger partial charge is 0.253 e. The largest absolute Gasteiger partial charge is 0.350 e. The molecule has 5 rings (SSSR count). The molecule has 0 saturated carbocycles. The lowest BCUT2D eigenvalue weighted by Gasteiger charge is -2.31. The number of nitrogens with one attached hydrogen (secondary N) is 1. The van der Waals surface area contributed by atoms with Crippen molar-refractivity contribution in [1.82, 2.24) is 14.8 Å². The van der Waals surface area contributed by atoms with Crippen molar-refractivity contribution >= 4 is 16.8 Å². The molecule has 0 radical (unpaired) electrons. The van der Waals surface area contributed by atoms with Gasteiger partial charge in [-0.1, -0.05) is 0 Å². The lowest BCUT2D eigenvalue weighted by Crippen LogP contribution is -2.48. The molecule has 3 aliphatic heterocycles. The van der Waals surface area contributed by atoms with Crippen LogP contribution < -0.4 is 5.32 Å². The Bertz CT molecular complexity index is 893. The van der Waals surface area contributed by atoms with Gasteiger partial charge in [0.1, 0.15) is 12.0 Å². The van der Waals surface area contributed by atoms with Crippen LogP contribution in [0.4, 0.5) is 8.78 Å². The summed E-state index contributed by atoms with van der Waals surface area (Å²) in [6.07, 6.45) is 3.51. The number of carbonyl (C=O) groups is 1. The number of hydrogen-bond donors (Lipinski definition) is 1. The van der Waals surface area contributed by atoms with Crippen LogP contribution in [0, 0.1) is 5.82 Å². The Hall–Kier alpha value is -1.95. The van der Waals surface area contributed by atoms with Gasteiger partial charge in [0.25, 0.3) is 5.91 Å². The number of carbonyl (C=O) groups excluding carboxylic acids is 1. The number of aryl methyl sites for hydroxylation is 1. The predicted octanol–water partition coefficient (Wildman–Crippen LogP) is 3.03. The SMILES string of the molecule is O=C(NC[C@@]12CCCN1C[C@H](F)C2)c1c2n(c3ccc(F)cc13)CCC2. The molecular weight excluding hydrogens is 336 g/mol. The van der Waals surface area contributed by atoms with Crippen molar-refractivity contribution in [2.24, 2.45) is 0 Å². The quantitative estimate of drug-likeness (QED) is 0.915. The number of fused-ring (bicyclic) bond motifs is 4. The van der Waals surface area contributed by atoms with E-state index in [9.17, 15) is 13.6 Å². The Morgan fingerprint density at radius 2 is 2.19 bits per heavy atom. The van der Waals surface area contributed by atoms with Gasteiger partial charge in [0.15, 0.2) is 0 Å². The van der Waals surface area contributed by atoms with Crippen molar-refractivity contribution in [1.29, 1.82) is 0 Å². The van der Waals surface area contributed by atoms with Crippen LogP contribution >= 0.6 is 0 Å². The van der Waals surface area contributed by atoms with E-state index in [2.05, 4.69) is 14.8 Å². The van der Waals surface area contributed by atoms with Crippen molar-refractivity contribution in [3.63, 3.8) is 0 Å². The second kappa shape index (κ2) is 5.78. The Balaban J connectivity index is 1.45. The molecule has 2 saturated heterocycles. The van der Waals surface area contributed by atoms with Gasteiger partial charge in [0.2, 0.25) is 0 Å². The molecule has 3 aliphatic rings. The zero-order valence-electron chi connectivity index (χ0n) is 14.7. The minimum Gasteiger partial charge on any atom is -0.350 e.